The monoisotopic (exact) mass is 450 g/mol. The van der Waals surface area contributed by atoms with E-state index in [4.69, 9.17) is 16.3 Å². The fraction of sp³-hybridized carbons (Fsp3) is 0.308. The molecule has 2 aromatic carbocycles. The summed E-state index contributed by atoms with van der Waals surface area (Å²) in [4.78, 5) is 26.9. The molecule has 0 aromatic heterocycles. The van der Waals surface area contributed by atoms with Gasteiger partial charge in [0.1, 0.15) is 5.75 Å². The van der Waals surface area contributed by atoms with Crippen LogP contribution < -0.4 is 15.4 Å². The van der Waals surface area contributed by atoms with Crippen molar-refractivity contribution in [2.45, 2.75) is 39.5 Å². The Morgan fingerprint density at radius 1 is 1.12 bits per heavy atom. The molecule has 0 unspecified atom stereocenters. The van der Waals surface area contributed by atoms with Crippen molar-refractivity contribution in [3.63, 3.8) is 0 Å². The number of hydrogen-bond acceptors (Lipinski definition) is 4. The molecule has 0 spiro atoms. The quantitative estimate of drug-likeness (QED) is 0.637. The van der Waals surface area contributed by atoms with Crippen LogP contribution in [0.15, 0.2) is 71.1 Å². The second-order valence-corrected chi connectivity index (χ2v) is 9.57. The summed E-state index contributed by atoms with van der Waals surface area (Å²) in [6, 6.07) is 14.6. The number of hydrogen-bond donors (Lipinski definition) is 2. The number of amides is 1. The van der Waals surface area contributed by atoms with E-state index >= 15 is 0 Å². The van der Waals surface area contributed by atoms with Crippen molar-refractivity contribution in [1.82, 2.24) is 5.32 Å². The molecule has 0 radical (unpaired) electrons. The van der Waals surface area contributed by atoms with Gasteiger partial charge in [-0.3, -0.25) is 9.59 Å². The molecule has 1 amide bonds. The highest BCUT2D eigenvalue weighted by molar-refractivity contribution is 6.30. The SMILES string of the molecule is COc1ccccc1NC(=O)C1=C(C)NC2=C(C(=O)CC(C)(C)C2)[C@@H]1c1ccc(Cl)cc1. The van der Waals surface area contributed by atoms with Gasteiger partial charge in [0.25, 0.3) is 5.91 Å². The summed E-state index contributed by atoms with van der Waals surface area (Å²) in [5.41, 5.74) is 4.13. The predicted octanol–water partition coefficient (Wildman–Crippen LogP) is 5.59. The Kier molecular flexibility index (Phi) is 5.87. The van der Waals surface area contributed by atoms with Gasteiger partial charge in [-0.15, -0.1) is 0 Å². The molecule has 2 aromatic rings. The van der Waals surface area contributed by atoms with Crippen LogP contribution in [0.4, 0.5) is 5.69 Å². The van der Waals surface area contributed by atoms with Gasteiger partial charge in [0.15, 0.2) is 5.78 Å². The lowest BCUT2D eigenvalue weighted by Crippen LogP contribution is -2.39. The first kappa shape index (κ1) is 22.2. The third kappa shape index (κ3) is 4.17. The van der Waals surface area contributed by atoms with Gasteiger partial charge in [-0.1, -0.05) is 49.7 Å². The Hall–Kier alpha value is -3.05. The zero-order valence-corrected chi connectivity index (χ0v) is 19.5. The van der Waals surface area contributed by atoms with Crippen LogP contribution in [0.25, 0.3) is 0 Å². The van der Waals surface area contributed by atoms with Crippen LogP contribution in [0.2, 0.25) is 5.02 Å². The van der Waals surface area contributed by atoms with Crippen molar-refractivity contribution in [2.75, 3.05) is 12.4 Å². The van der Waals surface area contributed by atoms with Crippen molar-refractivity contribution in [2.24, 2.45) is 5.41 Å². The van der Waals surface area contributed by atoms with Gasteiger partial charge in [-0.2, -0.15) is 0 Å². The van der Waals surface area contributed by atoms with Crippen LogP contribution in [-0.2, 0) is 9.59 Å². The van der Waals surface area contributed by atoms with Crippen LogP contribution in [0, 0.1) is 5.41 Å². The maximum atomic E-state index is 13.6. The summed E-state index contributed by atoms with van der Waals surface area (Å²) in [6.45, 7) is 6.07. The van der Waals surface area contributed by atoms with E-state index in [1.54, 1.807) is 31.4 Å². The Morgan fingerprint density at radius 3 is 2.50 bits per heavy atom. The highest BCUT2D eigenvalue weighted by Crippen LogP contribution is 2.47. The van der Waals surface area contributed by atoms with Gasteiger partial charge < -0.3 is 15.4 Å². The third-order valence-electron chi connectivity index (χ3n) is 6.04. The van der Waals surface area contributed by atoms with E-state index in [0.29, 0.717) is 34.0 Å². The Balaban J connectivity index is 1.80. The van der Waals surface area contributed by atoms with E-state index in [9.17, 15) is 9.59 Å². The fourth-order valence-electron chi connectivity index (χ4n) is 4.66. The number of benzene rings is 2. The number of para-hydroxylation sites is 2. The van der Waals surface area contributed by atoms with Gasteiger partial charge in [0, 0.05) is 39.9 Å². The Morgan fingerprint density at radius 2 is 1.81 bits per heavy atom. The number of carbonyl (C=O) groups excluding carboxylic acids is 2. The number of methoxy groups -OCH3 is 1. The van der Waals surface area contributed by atoms with Gasteiger partial charge in [-0.05, 0) is 48.6 Å². The molecule has 0 bridgehead atoms. The minimum Gasteiger partial charge on any atom is -0.495 e. The minimum absolute atomic E-state index is 0.0683. The number of rotatable bonds is 4. The Labute approximate surface area is 193 Å². The first-order valence-electron chi connectivity index (χ1n) is 10.6. The molecule has 6 heteroatoms. The molecule has 1 heterocycles. The lowest BCUT2D eigenvalue weighted by molar-refractivity contribution is -0.118. The van der Waals surface area contributed by atoms with Gasteiger partial charge in [-0.25, -0.2) is 0 Å². The minimum atomic E-state index is -0.471. The molecular weight excluding hydrogens is 424 g/mol. The van der Waals surface area contributed by atoms with Crippen LogP contribution in [0.5, 0.6) is 5.75 Å². The number of ether oxygens (including phenoxy) is 1. The molecule has 0 fully saturated rings. The van der Waals surface area contributed by atoms with Crippen molar-refractivity contribution < 1.29 is 14.3 Å². The van der Waals surface area contributed by atoms with Crippen LogP contribution >= 0.6 is 11.6 Å². The highest BCUT2D eigenvalue weighted by atomic mass is 35.5. The summed E-state index contributed by atoms with van der Waals surface area (Å²) in [5, 5.41) is 6.96. The number of halogens is 1. The maximum Gasteiger partial charge on any atom is 0.254 e. The van der Waals surface area contributed by atoms with E-state index in [0.717, 1.165) is 23.4 Å². The molecule has 1 atom stereocenters. The molecule has 4 rings (SSSR count). The molecule has 166 valence electrons. The Bertz CT molecular complexity index is 1150. The largest absolute Gasteiger partial charge is 0.495 e. The van der Waals surface area contributed by atoms with Crippen molar-refractivity contribution in [3.8, 4) is 5.75 Å². The average Bonchev–Trinajstić information content (AvgIpc) is 2.72. The standard InChI is InChI=1S/C26H27ClN2O3/c1-15-22(25(31)29-18-7-5-6-8-21(18)32-4)23(16-9-11-17(27)12-10-16)24-19(28-15)13-26(2,3)14-20(24)30/h5-12,23,28H,13-14H2,1-4H3,(H,29,31)/t23-/m1/s1. The number of nitrogens with one attached hydrogen (secondary N) is 2. The van der Waals surface area contributed by atoms with Crippen molar-refractivity contribution >= 4 is 29.0 Å². The average molecular weight is 451 g/mol. The van der Waals surface area contributed by atoms with E-state index in [1.165, 1.54) is 0 Å². The topological polar surface area (TPSA) is 67.4 Å². The van der Waals surface area contributed by atoms with E-state index in [1.807, 2.05) is 31.2 Å². The van der Waals surface area contributed by atoms with Gasteiger partial charge in [0.2, 0.25) is 0 Å². The van der Waals surface area contributed by atoms with Crippen molar-refractivity contribution in [1.29, 1.82) is 0 Å². The van der Waals surface area contributed by atoms with Gasteiger partial charge in [0.05, 0.1) is 12.8 Å². The first-order valence-corrected chi connectivity index (χ1v) is 11.0. The van der Waals surface area contributed by atoms with Gasteiger partial charge >= 0.3 is 0 Å². The number of anilines is 1. The molecule has 0 saturated carbocycles. The molecule has 1 aliphatic heterocycles. The number of ketones is 1. The summed E-state index contributed by atoms with van der Waals surface area (Å²) in [7, 11) is 1.56. The van der Waals surface area contributed by atoms with E-state index < -0.39 is 5.92 Å². The zero-order valence-electron chi connectivity index (χ0n) is 18.7. The highest BCUT2D eigenvalue weighted by Gasteiger charge is 2.42. The molecule has 2 N–H and O–H groups in total. The first-order chi connectivity index (χ1) is 15.2. The zero-order chi connectivity index (χ0) is 23.0. The number of allylic oxidation sites excluding steroid dienone is 3. The molecule has 32 heavy (non-hydrogen) atoms. The molecule has 1 aliphatic carbocycles. The summed E-state index contributed by atoms with van der Waals surface area (Å²) < 4.78 is 5.39. The second kappa shape index (κ2) is 8.47. The number of Topliss-reactive ketones (excluding diaryl/α,β-unsaturated/α-hetero) is 1. The van der Waals surface area contributed by atoms with Crippen LogP contribution in [-0.4, -0.2) is 18.8 Å². The van der Waals surface area contributed by atoms with E-state index in [2.05, 4.69) is 24.5 Å². The fourth-order valence-corrected chi connectivity index (χ4v) is 4.79. The molecule has 5 nitrogen and oxygen atoms in total. The van der Waals surface area contributed by atoms with Crippen molar-refractivity contribution in [3.05, 3.63) is 81.7 Å². The molecular formula is C26H27ClN2O3. The summed E-state index contributed by atoms with van der Waals surface area (Å²) in [5.74, 6) is -0.106. The number of carbonyl (C=O) groups is 2. The lowest BCUT2D eigenvalue weighted by Gasteiger charge is -2.39. The summed E-state index contributed by atoms with van der Waals surface area (Å²) in [6.07, 6.45) is 1.19. The van der Waals surface area contributed by atoms with Crippen LogP contribution in [0.1, 0.15) is 45.1 Å². The predicted molar refractivity (Wildman–Crippen MR) is 127 cm³/mol. The van der Waals surface area contributed by atoms with Crippen LogP contribution in [0.3, 0.4) is 0 Å². The second-order valence-electron chi connectivity index (χ2n) is 9.14. The molecule has 0 saturated heterocycles. The third-order valence-corrected chi connectivity index (χ3v) is 6.29. The number of dihydropyridines is 1. The summed E-state index contributed by atoms with van der Waals surface area (Å²) >= 11 is 6.13. The lowest BCUT2D eigenvalue weighted by atomic mass is 9.68. The van der Waals surface area contributed by atoms with E-state index in [-0.39, 0.29) is 17.1 Å². The smallest absolute Gasteiger partial charge is 0.254 e. The molecule has 2 aliphatic rings. The maximum absolute atomic E-state index is 13.6. The normalized spacial score (nSPS) is 19.9.